The zero-order valence-electron chi connectivity index (χ0n) is 10.2. The molecule has 0 spiro atoms. The lowest BCUT2D eigenvalue weighted by Gasteiger charge is -2.09. The highest BCUT2D eigenvalue weighted by molar-refractivity contribution is 6.33. The molecule has 0 saturated carbocycles. The van der Waals surface area contributed by atoms with Crippen LogP contribution in [0.5, 0.6) is 0 Å². The van der Waals surface area contributed by atoms with Gasteiger partial charge < -0.3 is 15.8 Å². The third-order valence-corrected chi connectivity index (χ3v) is 2.35. The molecule has 1 rings (SSSR count). The number of hydrogen-bond acceptors (Lipinski definition) is 4. The highest BCUT2D eigenvalue weighted by Gasteiger charge is 2.11. The SMILES string of the molecule is CC(C)NC(=O)COC(=O)c1ccc(N)c(Cl)c1. The first-order chi connectivity index (χ1) is 8.40. The van der Waals surface area contributed by atoms with Crippen molar-refractivity contribution >= 4 is 29.2 Å². The van der Waals surface area contributed by atoms with Crippen molar-refractivity contribution in [3.8, 4) is 0 Å². The summed E-state index contributed by atoms with van der Waals surface area (Å²) in [5.74, 6) is -0.962. The van der Waals surface area contributed by atoms with Crippen LogP contribution in [0.1, 0.15) is 24.2 Å². The Hall–Kier alpha value is -1.75. The van der Waals surface area contributed by atoms with Crippen LogP contribution in [0.2, 0.25) is 5.02 Å². The van der Waals surface area contributed by atoms with Crippen molar-refractivity contribution in [2.45, 2.75) is 19.9 Å². The van der Waals surface area contributed by atoms with Gasteiger partial charge in [0.05, 0.1) is 16.3 Å². The summed E-state index contributed by atoms with van der Waals surface area (Å²) in [6.45, 7) is 3.32. The molecule has 5 nitrogen and oxygen atoms in total. The van der Waals surface area contributed by atoms with Gasteiger partial charge in [-0.3, -0.25) is 4.79 Å². The first-order valence-corrected chi connectivity index (χ1v) is 5.79. The van der Waals surface area contributed by atoms with Gasteiger partial charge in [0.1, 0.15) is 0 Å². The lowest BCUT2D eigenvalue weighted by Crippen LogP contribution is -2.33. The Morgan fingerprint density at radius 1 is 1.44 bits per heavy atom. The van der Waals surface area contributed by atoms with Crippen LogP contribution >= 0.6 is 11.6 Å². The van der Waals surface area contributed by atoms with Crippen molar-refractivity contribution in [2.75, 3.05) is 12.3 Å². The minimum atomic E-state index is -0.615. The highest BCUT2D eigenvalue weighted by atomic mass is 35.5. The number of nitrogen functional groups attached to an aromatic ring is 1. The number of benzene rings is 1. The zero-order valence-corrected chi connectivity index (χ0v) is 11.0. The minimum Gasteiger partial charge on any atom is -0.452 e. The van der Waals surface area contributed by atoms with Gasteiger partial charge in [0, 0.05) is 6.04 Å². The van der Waals surface area contributed by atoms with Gasteiger partial charge in [-0.25, -0.2) is 4.79 Å². The van der Waals surface area contributed by atoms with E-state index in [9.17, 15) is 9.59 Å². The number of hydrogen-bond donors (Lipinski definition) is 2. The molecular formula is C12H15ClN2O3. The summed E-state index contributed by atoms with van der Waals surface area (Å²) >= 11 is 5.78. The lowest BCUT2D eigenvalue weighted by molar-refractivity contribution is -0.124. The van der Waals surface area contributed by atoms with Gasteiger partial charge in [0.25, 0.3) is 5.91 Å². The topological polar surface area (TPSA) is 81.4 Å². The Morgan fingerprint density at radius 2 is 2.11 bits per heavy atom. The maximum atomic E-state index is 11.6. The van der Waals surface area contributed by atoms with Crippen molar-refractivity contribution in [1.82, 2.24) is 5.32 Å². The number of halogens is 1. The number of anilines is 1. The molecule has 0 aliphatic rings. The molecule has 0 aliphatic carbocycles. The Labute approximate surface area is 110 Å². The number of ether oxygens (including phenoxy) is 1. The summed E-state index contributed by atoms with van der Waals surface area (Å²) in [6.07, 6.45) is 0. The molecule has 1 aromatic carbocycles. The fourth-order valence-electron chi connectivity index (χ4n) is 1.23. The lowest BCUT2D eigenvalue weighted by atomic mass is 10.2. The van der Waals surface area contributed by atoms with E-state index in [1.807, 2.05) is 13.8 Å². The second kappa shape index (κ2) is 6.26. The predicted octanol–water partition coefficient (Wildman–Crippen LogP) is 1.60. The second-order valence-corrected chi connectivity index (χ2v) is 4.44. The van der Waals surface area contributed by atoms with Crippen LogP contribution < -0.4 is 11.1 Å². The minimum absolute atomic E-state index is 0.00201. The summed E-state index contributed by atoms with van der Waals surface area (Å²) < 4.78 is 4.84. The second-order valence-electron chi connectivity index (χ2n) is 4.03. The van der Waals surface area contributed by atoms with E-state index < -0.39 is 5.97 Å². The van der Waals surface area contributed by atoms with E-state index in [-0.39, 0.29) is 29.1 Å². The van der Waals surface area contributed by atoms with Gasteiger partial charge in [0.2, 0.25) is 0 Å². The van der Waals surface area contributed by atoms with Gasteiger partial charge in [-0.1, -0.05) is 11.6 Å². The number of carbonyl (C=O) groups excluding carboxylic acids is 2. The quantitative estimate of drug-likeness (QED) is 0.643. The molecule has 0 atom stereocenters. The van der Waals surface area contributed by atoms with E-state index in [1.165, 1.54) is 18.2 Å². The summed E-state index contributed by atoms with van der Waals surface area (Å²) in [5.41, 5.74) is 6.15. The van der Waals surface area contributed by atoms with Gasteiger partial charge in [-0.2, -0.15) is 0 Å². The fraction of sp³-hybridized carbons (Fsp3) is 0.333. The predicted molar refractivity (Wildman–Crippen MR) is 69.4 cm³/mol. The Bertz CT molecular complexity index is 461. The van der Waals surface area contributed by atoms with E-state index in [1.54, 1.807) is 0 Å². The average Bonchev–Trinajstić information content (AvgIpc) is 2.28. The fourth-order valence-corrected chi connectivity index (χ4v) is 1.41. The van der Waals surface area contributed by atoms with Crippen LogP contribution in [-0.2, 0) is 9.53 Å². The van der Waals surface area contributed by atoms with Crippen LogP contribution in [0.25, 0.3) is 0 Å². The number of carbonyl (C=O) groups is 2. The first kappa shape index (κ1) is 14.3. The molecule has 0 unspecified atom stereocenters. The zero-order chi connectivity index (χ0) is 13.7. The van der Waals surface area contributed by atoms with Crippen LogP contribution in [-0.4, -0.2) is 24.5 Å². The number of nitrogens with one attached hydrogen (secondary N) is 1. The molecule has 0 aliphatic heterocycles. The van der Waals surface area contributed by atoms with Crippen molar-refractivity contribution in [1.29, 1.82) is 0 Å². The molecule has 0 radical (unpaired) electrons. The van der Waals surface area contributed by atoms with Crippen molar-refractivity contribution in [2.24, 2.45) is 0 Å². The van der Waals surface area contributed by atoms with E-state index in [0.29, 0.717) is 5.69 Å². The van der Waals surface area contributed by atoms with Crippen LogP contribution in [0.4, 0.5) is 5.69 Å². The summed E-state index contributed by atoms with van der Waals surface area (Å²) in [6, 6.07) is 4.40. The van der Waals surface area contributed by atoms with Gasteiger partial charge in [-0.15, -0.1) is 0 Å². The third kappa shape index (κ3) is 4.25. The normalized spacial score (nSPS) is 10.2. The van der Waals surface area contributed by atoms with Crippen molar-refractivity contribution in [3.63, 3.8) is 0 Å². The van der Waals surface area contributed by atoms with Gasteiger partial charge in [0.15, 0.2) is 6.61 Å². The molecule has 0 bridgehead atoms. The molecule has 18 heavy (non-hydrogen) atoms. The molecule has 0 fully saturated rings. The molecule has 98 valence electrons. The van der Waals surface area contributed by atoms with Gasteiger partial charge in [-0.05, 0) is 32.0 Å². The summed E-state index contributed by atoms with van der Waals surface area (Å²) in [5, 5.41) is 2.88. The third-order valence-electron chi connectivity index (χ3n) is 2.02. The average molecular weight is 271 g/mol. The van der Waals surface area contributed by atoms with Gasteiger partial charge >= 0.3 is 5.97 Å². The number of rotatable bonds is 4. The molecule has 0 aromatic heterocycles. The van der Waals surface area contributed by atoms with Crippen LogP contribution in [0.15, 0.2) is 18.2 Å². The molecule has 0 saturated heterocycles. The molecule has 1 amide bonds. The van der Waals surface area contributed by atoms with Crippen molar-refractivity contribution in [3.05, 3.63) is 28.8 Å². The molecular weight excluding hydrogens is 256 g/mol. The maximum absolute atomic E-state index is 11.6. The Morgan fingerprint density at radius 3 is 2.67 bits per heavy atom. The number of nitrogens with two attached hydrogens (primary N) is 1. The molecule has 6 heteroatoms. The maximum Gasteiger partial charge on any atom is 0.338 e. The Kier molecular flexibility index (Phi) is 4.97. The highest BCUT2D eigenvalue weighted by Crippen LogP contribution is 2.19. The largest absolute Gasteiger partial charge is 0.452 e. The molecule has 0 heterocycles. The number of esters is 1. The van der Waals surface area contributed by atoms with Crippen LogP contribution in [0.3, 0.4) is 0 Å². The molecule has 1 aromatic rings. The van der Waals surface area contributed by atoms with E-state index >= 15 is 0 Å². The first-order valence-electron chi connectivity index (χ1n) is 5.41. The Balaban J connectivity index is 2.55. The van der Waals surface area contributed by atoms with E-state index in [0.717, 1.165) is 0 Å². The van der Waals surface area contributed by atoms with E-state index in [2.05, 4.69) is 5.32 Å². The standard InChI is InChI=1S/C12H15ClN2O3/c1-7(2)15-11(16)6-18-12(17)8-3-4-10(14)9(13)5-8/h3-5,7H,6,14H2,1-2H3,(H,15,16). The summed E-state index contributed by atoms with van der Waals surface area (Å²) in [7, 11) is 0. The van der Waals surface area contributed by atoms with Crippen LogP contribution in [0, 0.1) is 0 Å². The smallest absolute Gasteiger partial charge is 0.338 e. The van der Waals surface area contributed by atoms with E-state index in [4.69, 9.17) is 22.1 Å². The van der Waals surface area contributed by atoms with Crippen molar-refractivity contribution < 1.29 is 14.3 Å². The molecule has 3 N–H and O–H groups in total. The number of amides is 1. The monoisotopic (exact) mass is 270 g/mol. The summed E-state index contributed by atoms with van der Waals surface area (Å²) in [4.78, 5) is 22.9.